The van der Waals surface area contributed by atoms with Crippen LogP contribution in [0.2, 0.25) is 0 Å². The number of non-ortho nitro benzene ring substituents is 2. The average molecular weight is 364 g/mol. The molecule has 3 rings (SSSR count). The summed E-state index contributed by atoms with van der Waals surface area (Å²) in [7, 11) is 0. The Morgan fingerprint density at radius 2 is 1.04 bits per heavy atom. The molecule has 3 aromatic carbocycles. The van der Waals surface area contributed by atoms with Gasteiger partial charge in [-0.1, -0.05) is 0 Å². The molecule has 0 amide bonds. The number of hydrogen-bond acceptors (Lipinski definition) is 5. The highest BCUT2D eigenvalue weighted by molar-refractivity contribution is 5.92. The van der Waals surface area contributed by atoms with Crippen LogP contribution in [0.4, 0.5) is 11.4 Å². The van der Waals surface area contributed by atoms with Gasteiger partial charge >= 0.3 is 5.97 Å². The molecule has 0 spiro atoms. The van der Waals surface area contributed by atoms with E-state index in [9.17, 15) is 30.1 Å². The molecule has 0 aliphatic carbocycles. The Hall–Kier alpha value is -4.07. The van der Waals surface area contributed by atoms with Crippen LogP contribution in [0.5, 0.6) is 0 Å². The third-order valence-electron chi connectivity index (χ3n) is 4.00. The van der Waals surface area contributed by atoms with E-state index in [2.05, 4.69) is 0 Å². The summed E-state index contributed by atoms with van der Waals surface area (Å²) >= 11 is 0. The van der Waals surface area contributed by atoms with Gasteiger partial charge in [-0.15, -0.1) is 0 Å². The van der Waals surface area contributed by atoms with Crippen LogP contribution < -0.4 is 0 Å². The minimum atomic E-state index is -1.12. The summed E-state index contributed by atoms with van der Waals surface area (Å²) in [5.74, 6) is -1.12. The largest absolute Gasteiger partial charge is 0.478 e. The molecule has 0 unspecified atom stereocenters. The summed E-state index contributed by atoms with van der Waals surface area (Å²) in [5.41, 5.74) is 2.28. The van der Waals surface area contributed by atoms with Gasteiger partial charge in [0.25, 0.3) is 11.4 Å². The van der Waals surface area contributed by atoms with Crippen molar-refractivity contribution in [3.63, 3.8) is 0 Å². The minimum Gasteiger partial charge on any atom is -0.478 e. The van der Waals surface area contributed by atoms with E-state index in [-0.39, 0.29) is 16.9 Å². The van der Waals surface area contributed by atoms with E-state index < -0.39 is 15.8 Å². The number of carboxylic acids is 1. The van der Waals surface area contributed by atoms with Crippen molar-refractivity contribution in [3.05, 3.63) is 92.5 Å². The molecule has 0 saturated heterocycles. The average Bonchev–Trinajstić information content (AvgIpc) is 2.67. The highest BCUT2D eigenvalue weighted by Gasteiger charge is 2.12. The predicted octanol–water partition coefficient (Wildman–Crippen LogP) is 4.54. The second kappa shape index (κ2) is 7.04. The lowest BCUT2D eigenvalue weighted by Crippen LogP contribution is -1.98. The van der Waals surface area contributed by atoms with Crippen molar-refractivity contribution in [3.8, 4) is 22.3 Å². The first-order valence-electron chi connectivity index (χ1n) is 7.73. The lowest BCUT2D eigenvalue weighted by molar-refractivity contribution is -0.385. The minimum absolute atomic E-state index is 0.0409. The Bertz CT molecular complexity index is 967. The number of nitro groups is 2. The van der Waals surface area contributed by atoms with Crippen LogP contribution in [0.1, 0.15) is 10.4 Å². The van der Waals surface area contributed by atoms with Crippen molar-refractivity contribution in [1.29, 1.82) is 0 Å². The molecule has 8 heteroatoms. The number of hydrogen-bond donors (Lipinski definition) is 1. The quantitative estimate of drug-likeness (QED) is 0.524. The monoisotopic (exact) mass is 364 g/mol. The molecule has 3 aromatic rings. The molecule has 0 radical (unpaired) electrons. The first-order chi connectivity index (χ1) is 12.8. The summed E-state index contributed by atoms with van der Waals surface area (Å²) in [4.78, 5) is 32.0. The maximum atomic E-state index is 11.5. The molecule has 8 nitrogen and oxygen atoms in total. The van der Waals surface area contributed by atoms with Gasteiger partial charge < -0.3 is 5.11 Å². The topological polar surface area (TPSA) is 124 Å². The number of carboxylic acid groups (broad SMARTS) is 1. The van der Waals surface area contributed by atoms with Crippen LogP contribution in [0.25, 0.3) is 22.3 Å². The Kier molecular flexibility index (Phi) is 4.63. The number of aromatic carboxylic acids is 1. The fourth-order valence-corrected chi connectivity index (χ4v) is 2.64. The second-order valence-corrected chi connectivity index (χ2v) is 5.71. The van der Waals surface area contributed by atoms with Gasteiger partial charge in [-0.05, 0) is 64.7 Å². The van der Waals surface area contributed by atoms with Crippen LogP contribution in [0.3, 0.4) is 0 Å². The fourth-order valence-electron chi connectivity index (χ4n) is 2.64. The van der Waals surface area contributed by atoms with Gasteiger partial charge in [-0.3, -0.25) is 20.2 Å². The molecule has 0 atom stereocenters. The Morgan fingerprint density at radius 3 is 1.33 bits per heavy atom. The third-order valence-corrected chi connectivity index (χ3v) is 4.00. The van der Waals surface area contributed by atoms with Gasteiger partial charge in [-0.2, -0.15) is 0 Å². The number of carbonyl (C=O) groups is 1. The van der Waals surface area contributed by atoms with E-state index in [1.807, 2.05) is 0 Å². The zero-order valence-corrected chi connectivity index (χ0v) is 13.7. The molecule has 0 heterocycles. The first kappa shape index (κ1) is 17.7. The second-order valence-electron chi connectivity index (χ2n) is 5.71. The Labute approximate surface area is 152 Å². The summed E-state index contributed by atoms with van der Waals surface area (Å²) in [6.07, 6.45) is 0. The van der Waals surface area contributed by atoms with Crippen molar-refractivity contribution in [2.45, 2.75) is 0 Å². The predicted molar refractivity (Wildman–Crippen MR) is 97.6 cm³/mol. The van der Waals surface area contributed by atoms with Gasteiger partial charge in [-0.25, -0.2) is 4.79 Å². The smallest absolute Gasteiger partial charge is 0.335 e. The lowest BCUT2D eigenvalue weighted by Gasteiger charge is -2.09. The van der Waals surface area contributed by atoms with Gasteiger partial charge in [0.05, 0.1) is 15.4 Å². The van der Waals surface area contributed by atoms with Crippen LogP contribution >= 0.6 is 0 Å². The van der Waals surface area contributed by atoms with Crippen molar-refractivity contribution in [1.82, 2.24) is 0 Å². The molecule has 0 aliphatic heterocycles. The molecule has 0 bridgehead atoms. The SMILES string of the molecule is O=C(O)c1cc(-c2ccc([N+](=O)[O-])cc2)cc(-c2ccc([N+](=O)[O-])cc2)c1. The molecule has 0 aromatic heterocycles. The van der Waals surface area contributed by atoms with E-state index in [0.29, 0.717) is 22.3 Å². The molecule has 1 N–H and O–H groups in total. The Balaban J connectivity index is 2.08. The normalized spacial score (nSPS) is 10.4. The van der Waals surface area contributed by atoms with E-state index in [4.69, 9.17) is 0 Å². The van der Waals surface area contributed by atoms with Crippen LogP contribution in [-0.4, -0.2) is 20.9 Å². The van der Waals surface area contributed by atoms with E-state index in [1.165, 1.54) is 36.4 Å². The van der Waals surface area contributed by atoms with Gasteiger partial charge in [0.2, 0.25) is 0 Å². The molecule has 0 saturated carbocycles. The summed E-state index contributed by atoms with van der Waals surface area (Å²) < 4.78 is 0. The summed E-state index contributed by atoms with van der Waals surface area (Å²) in [6.45, 7) is 0. The van der Waals surface area contributed by atoms with Crippen molar-refractivity contribution >= 4 is 17.3 Å². The van der Waals surface area contributed by atoms with Crippen LogP contribution in [-0.2, 0) is 0 Å². The van der Waals surface area contributed by atoms with Crippen molar-refractivity contribution < 1.29 is 19.7 Å². The van der Waals surface area contributed by atoms with Crippen LogP contribution in [0.15, 0.2) is 66.7 Å². The number of nitrogens with zero attached hydrogens (tertiary/aromatic N) is 2. The molecule has 0 aliphatic rings. The molecule has 134 valence electrons. The van der Waals surface area contributed by atoms with E-state index >= 15 is 0 Å². The summed E-state index contributed by atoms with van der Waals surface area (Å²) in [6, 6.07) is 16.2. The highest BCUT2D eigenvalue weighted by atomic mass is 16.6. The molecular weight excluding hydrogens is 352 g/mol. The number of nitro benzene ring substituents is 2. The molecule has 27 heavy (non-hydrogen) atoms. The van der Waals surface area contributed by atoms with Crippen molar-refractivity contribution in [2.75, 3.05) is 0 Å². The Morgan fingerprint density at radius 1 is 0.667 bits per heavy atom. The number of rotatable bonds is 5. The molecular formula is C19H12N2O6. The molecule has 0 fully saturated rings. The zero-order chi connectivity index (χ0) is 19.6. The summed E-state index contributed by atoms with van der Waals surface area (Å²) in [5, 5.41) is 31.0. The van der Waals surface area contributed by atoms with Gasteiger partial charge in [0, 0.05) is 24.3 Å². The van der Waals surface area contributed by atoms with E-state index in [0.717, 1.165) is 0 Å². The fraction of sp³-hybridized carbons (Fsp3) is 0. The lowest BCUT2D eigenvalue weighted by atomic mass is 9.96. The first-order valence-corrected chi connectivity index (χ1v) is 7.73. The van der Waals surface area contributed by atoms with E-state index in [1.54, 1.807) is 30.3 Å². The third kappa shape index (κ3) is 3.79. The van der Waals surface area contributed by atoms with Crippen LogP contribution in [0, 0.1) is 20.2 Å². The standard InChI is InChI=1S/C19H12N2O6/c22-19(23)16-10-14(12-1-5-17(6-2-12)20(24)25)9-15(11-16)13-3-7-18(8-4-13)21(26)27/h1-11H,(H,22,23). The van der Waals surface area contributed by atoms with Gasteiger partial charge in [0.15, 0.2) is 0 Å². The van der Waals surface area contributed by atoms with Gasteiger partial charge in [0.1, 0.15) is 0 Å². The maximum absolute atomic E-state index is 11.5. The zero-order valence-electron chi connectivity index (χ0n) is 13.7. The van der Waals surface area contributed by atoms with Crippen molar-refractivity contribution in [2.24, 2.45) is 0 Å². The maximum Gasteiger partial charge on any atom is 0.335 e. The highest BCUT2D eigenvalue weighted by Crippen LogP contribution is 2.30. The number of benzene rings is 3.